The Morgan fingerprint density at radius 3 is 2.81 bits per heavy atom. The zero-order valence-electron chi connectivity index (χ0n) is 11.6. The Balaban J connectivity index is 2.19. The summed E-state index contributed by atoms with van der Waals surface area (Å²) in [7, 11) is 1.80. The normalized spacial score (nSPS) is 10.7. The molecule has 0 spiro atoms. The molecule has 0 saturated heterocycles. The van der Waals surface area contributed by atoms with E-state index in [0.717, 1.165) is 17.8 Å². The number of halogens is 2. The number of benzene rings is 1. The third-order valence-electron chi connectivity index (χ3n) is 3.05. The smallest absolute Gasteiger partial charge is 0.336 e. The summed E-state index contributed by atoms with van der Waals surface area (Å²) in [6.45, 7) is 2.20. The molecule has 0 aliphatic rings. The van der Waals surface area contributed by atoms with Crippen molar-refractivity contribution in [2.75, 3.05) is 0 Å². The molecule has 0 fully saturated rings. The lowest BCUT2D eigenvalue weighted by Crippen LogP contribution is -2.04. The lowest BCUT2D eigenvalue weighted by atomic mass is 10.2. The van der Waals surface area contributed by atoms with E-state index in [2.05, 4.69) is 21.0 Å². The van der Waals surface area contributed by atoms with Gasteiger partial charge in [-0.1, -0.05) is 18.5 Å². The van der Waals surface area contributed by atoms with Crippen molar-refractivity contribution in [2.24, 2.45) is 7.05 Å². The van der Waals surface area contributed by atoms with Crippen LogP contribution in [0.2, 0.25) is 5.02 Å². The van der Waals surface area contributed by atoms with Gasteiger partial charge in [-0.3, -0.25) is 4.68 Å². The van der Waals surface area contributed by atoms with E-state index in [1.54, 1.807) is 23.9 Å². The number of rotatable bonds is 5. The second-order valence-corrected chi connectivity index (χ2v) is 5.65. The zero-order chi connectivity index (χ0) is 15.6. The van der Waals surface area contributed by atoms with Crippen LogP contribution in [0, 0.1) is 0 Å². The molecule has 1 N–H and O–H groups in total. The van der Waals surface area contributed by atoms with Crippen LogP contribution in [0.25, 0.3) is 0 Å². The molecule has 7 heteroatoms. The highest BCUT2D eigenvalue weighted by molar-refractivity contribution is 9.10. The molecule has 0 aliphatic carbocycles. The van der Waals surface area contributed by atoms with Gasteiger partial charge in [0.2, 0.25) is 0 Å². The first-order chi connectivity index (χ1) is 9.93. The van der Waals surface area contributed by atoms with E-state index >= 15 is 0 Å². The minimum absolute atomic E-state index is 0.151. The molecule has 21 heavy (non-hydrogen) atoms. The third-order valence-corrected chi connectivity index (χ3v) is 4.17. The number of hydrogen-bond acceptors (Lipinski definition) is 3. The van der Waals surface area contributed by atoms with Crippen LogP contribution in [0.5, 0.6) is 5.75 Å². The lowest BCUT2D eigenvalue weighted by Gasteiger charge is -2.08. The van der Waals surface area contributed by atoms with Crippen molar-refractivity contribution in [2.45, 2.75) is 20.0 Å². The monoisotopic (exact) mass is 372 g/mol. The molecule has 0 amide bonds. The van der Waals surface area contributed by atoms with Gasteiger partial charge in [0.05, 0.1) is 22.0 Å². The summed E-state index contributed by atoms with van der Waals surface area (Å²) in [5, 5.41) is 14.0. The van der Waals surface area contributed by atoms with Crippen LogP contribution in [0.1, 0.15) is 28.7 Å². The maximum atomic E-state index is 11.1. The predicted octanol–water partition coefficient (Wildman–Crippen LogP) is 3.68. The Kier molecular flexibility index (Phi) is 4.90. The molecule has 2 rings (SSSR count). The molecule has 1 heterocycles. The number of carboxylic acid groups (broad SMARTS) is 1. The average Bonchev–Trinajstić information content (AvgIpc) is 2.72. The molecule has 0 unspecified atom stereocenters. The lowest BCUT2D eigenvalue weighted by molar-refractivity contribution is 0.0695. The Morgan fingerprint density at radius 2 is 2.24 bits per heavy atom. The van der Waals surface area contributed by atoms with Gasteiger partial charge in [-0.05, 0) is 40.5 Å². The van der Waals surface area contributed by atoms with Crippen molar-refractivity contribution in [3.63, 3.8) is 0 Å². The van der Waals surface area contributed by atoms with Crippen LogP contribution in [-0.4, -0.2) is 20.9 Å². The number of aromatic nitrogens is 2. The summed E-state index contributed by atoms with van der Waals surface area (Å²) in [6, 6.07) is 4.81. The molecule has 5 nitrogen and oxygen atoms in total. The first-order valence-corrected chi connectivity index (χ1v) is 7.47. The van der Waals surface area contributed by atoms with Crippen LogP contribution in [0.15, 0.2) is 22.7 Å². The van der Waals surface area contributed by atoms with Crippen molar-refractivity contribution in [1.82, 2.24) is 9.78 Å². The van der Waals surface area contributed by atoms with Gasteiger partial charge in [0.1, 0.15) is 12.4 Å². The Morgan fingerprint density at radius 1 is 1.52 bits per heavy atom. The second-order valence-electron chi connectivity index (χ2n) is 4.42. The molecule has 1 aromatic heterocycles. The van der Waals surface area contributed by atoms with Gasteiger partial charge in [-0.25, -0.2) is 4.79 Å². The van der Waals surface area contributed by atoms with E-state index in [0.29, 0.717) is 15.2 Å². The van der Waals surface area contributed by atoms with Crippen LogP contribution in [0.3, 0.4) is 0 Å². The van der Waals surface area contributed by atoms with E-state index in [4.69, 9.17) is 21.4 Å². The van der Waals surface area contributed by atoms with Crippen LogP contribution >= 0.6 is 27.5 Å². The summed E-state index contributed by atoms with van der Waals surface area (Å²) in [5.74, 6) is -0.551. The fourth-order valence-electron chi connectivity index (χ4n) is 1.89. The first-order valence-electron chi connectivity index (χ1n) is 6.30. The quantitative estimate of drug-likeness (QED) is 0.868. The summed E-state index contributed by atoms with van der Waals surface area (Å²) < 4.78 is 7.82. The van der Waals surface area contributed by atoms with Crippen LogP contribution < -0.4 is 4.74 Å². The number of aromatic carboxylic acids is 1. The van der Waals surface area contributed by atoms with Crippen LogP contribution in [0.4, 0.5) is 0 Å². The van der Waals surface area contributed by atoms with E-state index in [1.165, 1.54) is 6.07 Å². The molecule has 0 saturated carbocycles. The number of ether oxygens (including phenoxy) is 1. The zero-order valence-corrected chi connectivity index (χ0v) is 13.9. The van der Waals surface area contributed by atoms with Gasteiger partial charge in [0.15, 0.2) is 0 Å². The molecular formula is C14H14BrClN2O3. The van der Waals surface area contributed by atoms with E-state index < -0.39 is 5.97 Å². The van der Waals surface area contributed by atoms with Gasteiger partial charge in [-0.2, -0.15) is 5.10 Å². The van der Waals surface area contributed by atoms with Gasteiger partial charge < -0.3 is 9.84 Å². The second kappa shape index (κ2) is 6.49. The van der Waals surface area contributed by atoms with Crippen molar-refractivity contribution in [3.8, 4) is 5.75 Å². The standard InChI is InChI=1S/C14H14BrClN2O3/c1-3-11-13(16)12(18(2)17-11)7-21-8-4-5-10(15)9(6-8)14(19)20/h4-6H,3,7H2,1-2H3,(H,19,20). The number of aryl methyl sites for hydroxylation is 2. The predicted molar refractivity (Wildman–Crippen MR) is 83.0 cm³/mol. The number of carboxylic acids is 1. The maximum absolute atomic E-state index is 11.1. The fourth-order valence-corrected chi connectivity index (χ4v) is 2.65. The molecule has 1 aromatic carbocycles. The highest BCUT2D eigenvalue weighted by Crippen LogP contribution is 2.25. The van der Waals surface area contributed by atoms with Gasteiger partial charge >= 0.3 is 5.97 Å². The first kappa shape index (κ1) is 15.9. The number of carbonyl (C=O) groups is 1. The summed E-state index contributed by atoms with van der Waals surface area (Å²) in [5.41, 5.74) is 1.73. The van der Waals surface area contributed by atoms with Gasteiger partial charge in [0.25, 0.3) is 0 Å². The molecular weight excluding hydrogens is 360 g/mol. The summed E-state index contributed by atoms with van der Waals surface area (Å²) in [4.78, 5) is 11.1. The maximum Gasteiger partial charge on any atom is 0.336 e. The van der Waals surface area contributed by atoms with E-state index in [9.17, 15) is 4.79 Å². The van der Waals surface area contributed by atoms with Gasteiger partial charge in [-0.15, -0.1) is 0 Å². The molecule has 0 aliphatic heterocycles. The molecule has 0 atom stereocenters. The average molecular weight is 374 g/mol. The van der Waals surface area contributed by atoms with Crippen molar-refractivity contribution in [3.05, 3.63) is 44.6 Å². The minimum atomic E-state index is -1.01. The molecule has 0 radical (unpaired) electrons. The Hall–Kier alpha value is -1.53. The molecule has 2 aromatic rings. The van der Waals surface area contributed by atoms with E-state index in [1.807, 2.05) is 6.92 Å². The number of nitrogens with zero attached hydrogens (tertiary/aromatic N) is 2. The topological polar surface area (TPSA) is 64.4 Å². The largest absolute Gasteiger partial charge is 0.487 e. The van der Waals surface area contributed by atoms with Crippen LogP contribution in [-0.2, 0) is 20.1 Å². The highest BCUT2D eigenvalue weighted by Gasteiger charge is 2.14. The van der Waals surface area contributed by atoms with E-state index in [-0.39, 0.29) is 12.2 Å². The summed E-state index contributed by atoms with van der Waals surface area (Å²) >= 11 is 9.43. The highest BCUT2D eigenvalue weighted by atomic mass is 79.9. The van der Waals surface area contributed by atoms with Crippen molar-refractivity contribution < 1.29 is 14.6 Å². The SMILES string of the molecule is CCc1nn(C)c(COc2ccc(Br)c(C(=O)O)c2)c1Cl. The van der Waals surface area contributed by atoms with Crippen molar-refractivity contribution in [1.29, 1.82) is 0 Å². The minimum Gasteiger partial charge on any atom is -0.487 e. The third kappa shape index (κ3) is 3.39. The number of hydrogen-bond donors (Lipinski definition) is 1. The Bertz CT molecular complexity index is 685. The molecule has 0 bridgehead atoms. The fraction of sp³-hybridized carbons (Fsp3) is 0.286. The van der Waals surface area contributed by atoms with Crippen molar-refractivity contribution >= 4 is 33.5 Å². The molecule has 112 valence electrons. The Labute approximate surface area is 135 Å². The summed E-state index contributed by atoms with van der Waals surface area (Å²) in [6.07, 6.45) is 0.744. The van der Waals surface area contributed by atoms with Gasteiger partial charge in [0, 0.05) is 11.5 Å².